The van der Waals surface area contributed by atoms with Gasteiger partial charge >= 0.3 is 7.94 Å². The monoisotopic (exact) mass is 115 g/mol. The summed E-state index contributed by atoms with van der Waals surface area (Å²) in [7, 11) is -3.39. The summed E-state index contributed by atoms with van der Waals surface area (Å²) in [4.78, 5) is 23.2. The van der Waals surface area contributed by atoms with Crippen LogP contribution in [0, 0.1) is 0 Å². The van der Waals surface area contributed by atoms with E-state index < -0.39 is 7.94 Å². The molecule has 5 heteroatoms. The molecule has 0 radical (unpaired) electrons. The van der Waals surface area contributed by atoms with Crippen LogP contribution < -0.4 is 0 Å². The molecular weight excluding hydrogens is 107 g/mol. The van der Waals surface area contributed by atoms with Crippen LogP contribution in [0.5, 0.6) is 0 Å². The summed E-state index contributed by atoms with van der Waals surface area (Å²) in [5.74, 6) is 0. The van der Waals surface area contributed by atoms with Crippen LogP contribution in [0.15, 0.2) is 0 Å². The zero-order valence-corrected chi connectivity index (χ0v) is 4.18. The highest BCUT2D eigenvalue weighted by Gasteiger charge is 2.17. The van der Waals surface area contributed by atoms with Crippen LogP contribution in [0.4, 0.5) is 0 Å². The Balaban J connectivity index is 0. The molecule has 0 atom stereocenters. The second-order valence-electron chi connectivity index (χ2n) is 0.868. The van der Waals surface area contributed by atoms with E-state index in [1.807, 2.05) is 0 Å². The molecule has 0 amide bonds. The van der Waals surface area contributed by atoms with E-state index in [1.165, 1.54) is 0 Å². The highest BCUT2D eigenvalue weighted by molar-refractivity contribution is 7.57. The number of hydrogen-bond acceptors (Lipinski definition) is 3. The topological polar surface area (TPSA) is 92.2 Å². The molecule has 0 unspecified atom stereocenters. The van der Waals surface area contributed by atoms with Crippen molar-refractivity contribution < 1.29 is 20.2 Å². The lowest BCUT2D eigenvalue weighted by Crippen LogP contribution is -1.78. The molecule has 0 bridgehead atoms. The van der Waals surface area contributed by atoms with Crippen molar-refractivity contribution in [2.45, 2.75) is 0 Å². The first-order valence-corrected chi connectivity index (χ1v) is 3.14. The molecule has 0 aliphatic carbocycles. The van der Waals surface area contributed by atoms with Gasteiger partial charge in [0.15, 0.2) is 0 Å². The van der Waals surface area contributed by atoms with Gasteiger partial charge in [-0.2, -0.15) is 14.7 Å². The van der Waals surface area contributed by atoms with Gasteiger partial charge in [0.2, 0.25) is 0 Å². The fraction of sp³-hybridized carbons (Fsp3) is 1.00. The van der Waals surface area contributed by atoms with Crippen molar-refractivity contribution in [1.29, 1.82) is 0 Å². The van der Waals surface area contributed by atoms with Gasteiger partial charge in [0.05, 0.1) is 0 Å². The lowest BCUT2D eigenvalue weighted by Gasteiger charge is -1.88. The van der Waals surface area contributed by atoms with E-state index in [1.54, 1.807) is 0 Å². The minimum Gasteiger partial charge on any atom is -0.412 e. The Labute approximate surface area is 35.9 Å². The molecule has 0 rings (SSSR count). The summed E-state index contributed by atoms with van der Waals surface area (Å²) in [5.41, 5.74) is 0. The maximum Gasteiger partial charge on any atom is 0.400 e. The third kappa shape index (κ3) is 626. The number of hydrogen-bond donors (Lipinski definition) is 3. The van der Waals surface area contributed by atoms with Crippen LogP contribution in [0.2, 0.25) is 0 Å². The molecule has 5 N–H and O–H groups in total. The SMILES string of the molecule is C[P+](O)(O)O.O. The van der Waals surface area contributed by atoms with Gasteiger partial charge in [0, 0.05) is 0 Å². The summed E-state index contributed by atoms with van der Waals surface area (Å²) in [6, 6.07) is 0. The molecule has 0 fully saturated rings. The van der Waals surface area contributed by atoms with Gasteiger partial charge in [-0.1, -0.05) is 0 Å². The minimum atomic E-state index is -3.39. The molecule has 0 aromatic carbocycles. The predicted octanol–water partition coefficient (Wildman–Crippen LogP) is -1.47. The molecule has 0 heterocycles. The first-order valence-electron chi connectivity index (χ1n) is 1.05. The van der Waals surface area contributed by atoms with Crippen molar-refractivity contribution in [3.8, 4) is 0 Å². The predicted molar refractivity (Wildman–Crippen MR) is 23.1 cm³/mol. The third-order valence-corrected chi connectivity index (χ3v) is 0. The van der Waals surface area contributed by atoms with E-state index in [0.29, 0.717) is 0 Å². The minimum absolute atomic E-state index is 0. The lowest BCUT2D eigenvalue weighted by molar-refractivity contribution is 0.340. The van der Waals surface area contributed by atoms with Crippen molar-refractivity contribution in [3.63, 3.8) is 0 Å². The van der Waals surface area contributed by atoms with Gasteiger partial charge in [0.25, 0.3) is 0 Å². The maximum absolute atomic E-state index is 7.74. The molecule has 40 valence electrons. The fourth-order valence-electron chi connectivity index (χ4n) is 0. The van der Waals surface area contributed by atoms with Crippen molar-refractivity contribution in [2.75, 3.05) is 6.66 Å². The van der Waals surface area contributed by atoms with Gasteiger partial charge in [0.1, 0.15) is 6.66 Å². The van der Waals surface area contributed by atoms with E-state index in [4.69, 9.17) is 14.7 Å². The average Bonchev–Trinajstić information content (AvgIpc) is 0.722. The Hall–Kier alpha value is 0.270. The van der Waals surface area contributed by atoms with Gasteiger partial charge in [-0.15, -0.1) is 0 Å². The van der Waals surface area contributed by atoms with Gasteiger partial charge in [-0.25, -0.2) is 0 Å². The van der Waals surface area contributed by atoms with Crippen LogP contribution in [-0.4, -0.2) is 26.8 Å². The fourth-order valence-corrected chi connectivity index (χ4v) is 0. The van der Waals surface area contributed by atoms with Crippen molar-refractivity contribution in [1.82, 2.24) is 0 Å². The molecule has 0 saturated carbocycles. The van der Waals surface area contributed by atoms with E-state index in [2.05, 4.69) is 0 Å². The summed E-state index contributed by atoms with van der Waals surface area (Å²) in [6.07, 6.45) is 0. The van der Waals surface area contributed by atoms with E-state index in [0.717, 1.165) is 6.66 Å². The molecular formula is CH8O4P+. The Morgan fingerprint density at radius 3 is 1.17 bits per heavy atom. The molecule has 0 aliphatic rings. The lowest BCUT2D eigenvalue weighted by atomic mass is 12.0. The molecule has 0 aromatic rings. The summed E-state index contributed by atoms with van der Waals surface area (Å²) in [5, 5.41) is 0. The standard InChI is InChI=1S/CH6O3P.H2O/c1-5(2,3)4;/h2-4H,1H3;1H2/q+1;. The zero-order valence-electron chi connectivity index (χ0n) is 3.29. The van der Waals surface area contributed by atoms with Crippen LogP contribution >= 0.6 is 7.94 Å². The summed E-state index contributed by atoms with van der Waals surface area (Å²) < 4.78 is 0. The van der Waals surface area contributed by atoms with Crippen molar-refractivity contribution >= 4 is 7.94 Å². The number of rotatable bonds is 0. The first-order chi connectivity index (χ1) is 2.00. The first kappa shape index (κ1) is 9.55. The highest BCUT2D eigenvalue weighted by Crippen LogP contribution is 2.38. The normalized spacial score (nSPS) is 10.0. The highest BCUT2D eigenvalue weighted by atomic mass is 31.2. The van der Waals surface area contributed by atoms with E-state index in [-0.39, 0.29) is 5.48 Å². The van der Waals surface area contributed by atoms with Gasteiger partial charge < -0.3 is 5.48 Å². The molecule has 4 nitrogen and oxygen atoms in total. The summed E-state index contributed by atoms with van der Waals surface area (Å²) in [6.45, 7) is 0.965. The van der Waals surface area contributed by atoms with E-state index >= 15 is 0 Å². The average molecular weight is 115 g/mol. The van der Waals surface area contributed by atoms with Crippen molar-refractivity contribution in [3.05, 3.63) is 0 Å². The van der Waals surface area contributed by atoms with Gasteiger partial charge in [-0.3, -0.25) is 0 Å². The molecule has 0 spiro atoms. The quantitative estimate of drug-likeness (QED) is 0.336. The smallest absolute Gasteiger partial charge is 0.400 e. The Morgan fingerprint density at radius 2 is 1.17 bits per heavy atom. The molecule has 0 aromatic heterocycles. The maximum atomic E-state index is 7.74. The third-order valence-electron chi connectivity index (χ3n) is 0. The van der Waals surface area contributed by atoms with Crippen LogP contribution in [0.25, 0.3) is 0 Å². The largest absolute Gasteiger partial charge is 0.412 e. The van der Waals surface area contributed by atoms with Crippen LogP contribution in [0.1, 0.15) is 0 Å². The van der Waals surface area contributed by atoms with E-state index in [9.17, 15) is 0 Å². The second kappa shape index (κ2) is 2.44. The van der Waals surface area contributed by atoms with Crippen LogP contribution in [0.3, 0.4) is 0 Å². The molecule has 6 heavy (non-hydrogen) atoms. The Morgan fingerprint density at radius 1 is 1.17 bits per heavy atom. The van der Waals surface area contributed by atoms with Crippen LogP contribution in [-0.2, 0) is 0 Å². The van der Waals surface area contributed by atoms with Crippen molar-refractivity contribution in [2.24, 2.45) is 0 Å². The summed E-state index contributed by atoms with van der Waals surface area (Å²) >= 11 is 0. The zero-order chi connectivity index (χ0) is 4.50. The second-order valence-corrected chi connectivity index (χ2v) is 2.60. The Bertz CT molecular complexity index is 23.0. The Kier molecular flexibility index (Phi) is 3.89. The molecule has 0 aliphatic heterocycles. The van der Waals surface area contributed by atoms with Gasteiger partial charge in [-0.05, 0) is 0 Å². The molecule has 0 saturated heterocycles.